The van der Waals surface area contributed by atoms with Crippen LogP contribution in [0.25, 0.3) is 0 Å². The van der Waals surface area contributed by atoms with E-state index in [1.54, 1.807) is 4.90 Å². The normalized spacial score (nSPS) is 30.6. The lowest BCUT2D eigenvalue weighted by Crippen LogP contribution is -2.33. The van der Waals surface area contributed by atoms with Crippen molar-refractivity contribution in [1.29, 1.82) is 0 Å². The molecule has 3 fully saturated rings. The average Bonchev–Trinajstić information content (AvgIpc) is 3.28. The molecular formula is C14H21NO4. The van der Waals surface area contributed by atoms with Crippen LogP contribution in [0.1, 0.15) is 25.7 Å². The molecule has 0 aromatic heterocycles. The summed E-state index contributed by atoms with van der Waals surface area (Å²) in [5.41, 5.74) is 0. The van der Waals surface area contributed by atoms with Crippen LogP contribution < -0.4 is 0 Å². The molecule has 3 aliphatic rings. The number of hydrogen-bond acceptors (Lipinski definition) is 3. The number of nitrogens with zero attached hydrogens (tertiary/aromatic N) is 1. The van der Waals surface area contributed by atoms with Gasteiger partial charge in [0.25, 0.3) is 0 Å². The number of carboxylic acid groups (broad SMARTS) is 1. The first kappa shape index (κ1) is 12.9. The van der Waals surface area contributed by atoms with Crippen LogP contribution >= 0.6 is 0 Å². The van der Waals surface area contributed by atoms with E-state index in [1.165, 1.54) is 12.8 Å². The third-order valence-electron chi connectivity index (χ3n) is 4.54. The molecule has 0 radical (unpaired) electrons. The van der Waals surface area contributed by atoms with Gasteiger partial charge in [0.05, 0.1) is 12.5 Å². The van der Waals surface area contributed by atoms with Gasteiger partial charge in [-0.3, -0.25) is 9.59 Å². The van der Waals surface area contributed by atoms with E-state index in [2.05, 4.69) is 0 Å². The van der Waals surface area contributed by atoms with Crippen LogP contribution in [0, 0.1) is 23.7 Å². The fourth-order valence-electron chi connectivity index (χ4n) is 2.98. The lowest BCUT2D eigenvalue weighted by atomic mass is 9.92. The molecule has 2 atom stereocenters. The Morgan fingerprint density at radius 3 is 2.47 bits per heavy atom. The number of hydrogen-bond donors (Lipinski definition) is 1. The van der Waals surface area contributed by atoms with Gasteiger partial charge in [-0.2, -0.15) is 0 Å². The number of carbonyl (C=O) groups is 2. The summed E-state index contributed by atoms with van der Waals surface area (Å²) < 4.78 is 5.40. The van der Waals surface area contributed by atoms with Crippen LogP contribution in [0.4, 0.5) is 0 Å². The number of ether oxygens (including phenoxy) is 1. The zero-order valence-electron chi connectivity index (χ0n) is 11.1. The number of rotatable bonds is 6. The second kappa shape index (κ2) is 5.12. The molecule has 3 rings (SSSR count). The highest BCUT2D eigenvalue weighted by Gasteiger charge is 2.46. The molecule has 0 unspecified atom stereocenters. The Bertz CT molecular complexity index is 376. The number of carbonyl (C=O) groups excluding carboxylic acids is 1. The molecular weight excluding hydrogens is 246 g/mol. The summed E-state index contributed by atoms with van der Waals surface area (Å²) in [6.45, 7) is 1.75. The largest absolute Gasteiger partial charge is 0.481 e. The molecule has 5 heteroatoms. The minimum Gasteiger partial charge on any atom is -0.481 e. The van der Waals surface area contributed by atoms with Crippen LogP contribution in [-0.2, 0) is 14.3 Å². The highest BCUT2D eigenvalue weighted by Crippen LogP contribution is 2.44. The van der Waals surface area contributed by atoms with Gasteiger partial charge in [-0.1, -0.05) is 0 Å². The molecule has 1 amide bonds. The van der Waals surface area contributed by atoms with Crippen LogP contribution in [0.5, 0.6) is 0 Å². The third kappa shape index (κ3) is 3.08. The molecule has 1 saturated heterocycles. The van der Waals surface area contributed by atoms with Gasteiger partial charge in [0, 0.05) is 13.1 Å². The number of likely N-dealkylation sites (tertiary alicyclic amines) is 1. The van der Waals surface area contributed by atoms with Gasteiger partial charge in [0.1, 0.15) is 6.61 Å². The highest BCUT2D eigenvalue weighted by atomic mass is 16.5. The molecule has 0 aromatic carbocycles. The molecule has 2 saturated carbocycles. The van der Waals surface area contributed by atoms with E-state index in [1.807, 2.05) is 0 Å². The van der Waals surface area contributed by atoms with Gasteiger partial charge in [-0.15, -0.1) is 0 Å². The molecule has 0 bridgehead atoms. The third-order valence-corrected chi connectivity index (χ3v) is 4.54. The second-order valence-corrected chi connectivity index (χ2v) is 6.20. The predicted octanol–water partition coefficient (Wildman–Crippen LogP) is 0.982. The summed E-state index contributed by atoms with van der Waals surface area (Å²) in [6, 6.07) is 0. The van der Waals surface area contributed by atoms with E-state index in [9.17, 15) is 14.7 Å². The highest BCUT2D eigenvalue weighted by molar-refractivity contribution is 5.80. The predicted molar refractivity (Wildman–Crippen MR) is 67.5 cm³/mol. The van der Waals surface area contributed by atoms with Crippen molar-refractivity contribution in [3.05, 3.63) is 0 Å². The van der Waals surface area contributed by atoms with Crippen molar-refractivity contribution in [1.82, 2.24) is 4.90 Å². The molecule has 1 heterocycles. The first-order valence-electron chi connectivity index (χ1n) is 7.23. The quantitative estimate of drug-likeness (QED) is 0.779. The van der Waals surface area contributed by atoms with E-state index < -0.39 is 5.97 Å². The number of carboxylic acids is 1. The Hall–Kier alpha value is -1.10. The van der Waals surface area contributed by atoms with Gasteiger partial charge in [-0.25, -0.2) is 0 Å². The van der Waals surface area contributed by atoms with Crippen molar-refractivity contribution < 1.29 is 19.4 Å². The zero-order valence-corrected chi connectivity index (χ0v) is 11.1. The van der Waals surface area contributed by atoms with Crippen molar-refractivity contribution >= 4 is 11.9 Å². The molecule has 0 aromatic rings. The minimum atomic E-state index is -0.758. The molecule has 5 nitrogen and oxygen atoms in total. The summed E-state index contributed by atoms with van der Waals surface area (Å²) in [5.74, 6) is 0.148. The van der Waals surface area contributed by atoms with Gasteiger partial charge < -0.3 is 14.7 Å². The van der Waals surface area contributed by atoms with Crippen molar-refractivity contribution in [2.24, 2.45) is 23.7 Å². The lowest BCUT2D eigenvalue weighted by Gasteiger charge is -2.16. The maximum atomic E-state index is 12.0. The minimum absolute atomic E-state index is 0.0462. The van der Waals surface area contributed by atoms with Gasteiger partial charge in [0.15, 0.2) is 0 Å². The molecule has 0 spiro atoms. The van der Waals surface area contributed by atoms with E-state index in [4.69, 9.17) is 4.74 Å². The summed E-state index contributed by atoms with van der Waals surface area (Å²) in [6.07, 6.45) is 4.66. The van der Waals surface area contributed by atoms with E-state index in [0.717, 1.165) is 12.8 Å². The van der Waals surface area contributed by atoms with Crippen molar-refractivity contribution in [2.45, 2.75) is 25.7 Å². The van der Waals surface area contributed by atoms with Crippen LogP contribution in [0.15, 0.2) is 0 Å². The fraction of sp³-hybridized carbons (Fsp3) is 0.857. The smallest absolute Gasteiger partial charge is 0.308 e. The standard InChI is InChI=1S/C14H21NO4/c16-13(8-19-7-9-1-2-9)15-5-11(10-3-4-10)12(6-15)14(17)18/h9-12H,1-8H2,(H,17,18)/t11-,12+/m1/s1. The van der Waals surface area contributed by atoms with Crippen molar-refractivity contribution in [3.63, 3.8) is 0 Å². The second-order valence-electron chi connectivity index (χ2n) is 6.20. The van der Waals surface area contributed by atoms with Crippen LogP contribution in [0.3, 0.4) is 0 Å². The fourth-order valence-corrected chi connectivity index (χ4v) is 2.98. The number of aliphatic carboxylic acids is 1. The molecule has 106 valence electrons. The van der Waals surface area contributed by atoms with Crippen LogP contribution in [0.2, 0.25) is 0 Å². The Morgan fingerprint density at radius 1 is 1.16 bits per heavy atom. The Kier molecular flexibility index (Phi) is 3.48. The van der Waals surface area contributed by atoms with Gasteiger partial charge in [-0.05, 0) is 43.4 Å². The van der Waals surface area contributed by atoms with Gasteiger partial charge >= 0.3 is 5.97 Å². The first-order valence-corrected chi connectivity index (χ1v) is 7.23. The van der Waals surface area contributed by atoms with Crippen molar-refractivity contribution in [3.8, 4) is 0 Å². The molecule has 1 N–H and O–H groups in total. The molecule has 1 aliphatic heterocycles. The summed E-state index contributed by atoms with van der Waals surface area (Å²) in [4.78, 5) is 25.0. The van der Waals surface area contributed by atoms with E-state index >= 15 is 0 Å². The Balaban J connectivity index is 1.49. The number of amides is 1. The van der Waals surface area contributed by atoms with E-state index in [0.29, 0.717) is 31.5 Å². The zero-order chi connectivity index (χ0) is 13.4. The first-order chi connectivity index (χ1) is 9.15. The van der Waals surface area contributed by atoms with Crippen LogP contribution in [-0.4, -0.2) is 48.2 Å². The average molecular weight is 267 g/mol. The summed E-state index contributed by atoms with van der Waals surface area (Å²) >= 11 is 0. The van der Waals surface area contributed by atoms with E-state index in [-0.39, 0.29) is 24.3 Å². The Morgan fingerprint density at radius 2 is 1.89 bits per heavy atom. The van der Waals surface area contributed by atoms with Gasteiger partial charge in [0.2, 0.25) is 5.91 Å². The lowest BCUT2D eigenvalue weighted by molar-refractivity contribution is -0.143. The van der Waals surface area contributed by atoms with Crippen molar-refractivity contribution in [2.75, 3.05) is 26.3 Å². The SMILES string of the molecule is O=C(O)[C@H]1CN(C(=O)COCC2CC2)C[C@@H]1C1CC1. The topological polar surface area (TPSA) is 66.8 Å². The maximum absolute atomic E-state index is 12.0. The summed E-state index contributed by atoms with van der Waals surface area (Å²) in [7, 11) is 0. The summed E-state index contributed by atoms with van der Waals surface area (Å²) in [5, 5.41) is 9.25. The molecule has 19 heavy (non-hydrogen) atoms. The maximum Gasteiger partial charge on any atom is 0.308 e. The Labute approximate surface area is 112 Å². The molecule has 2 aliphatic carbocycles. The monoisotopic (exact) mass is 267 g/mol.